The summed E-state index contributed by atoms with van der Waals surface area (Å²) in [6, 6.07) is 17.3. The lowest BCUT2D eigenvalue weighted by Gasteiger charge is -2.00. The highest BCUT2D eigenvalue weighted by atomic mass is 14.0. The maximum absolute atomic E-state index is 2.27. The minimum atomic E-state index is 1.09. The summed E-state index contributed by atoms with van der Waals surface area (Å²) in [6.07, 6.45) is 6.70. The van der Waals surface area contributed by atoms with Crippen molar-refractivity contribution in [3.8, 4) is 0 Å². The van der Waals surface area contributed by atoms with Crippen LogP contribution in [-0.2, 0) is 6.42 Å². The lowest BCUT2D eigenvalue weighted by atomic mass is 10.1. The lowest BCUT2D eigenvalue weighted by molar-refractivity contribution is 1.00. The summed E-state index contributed by atoms with van der Waals surface area (Å²) in [4.78, 5) is 0. The fraction of sp³-hybridized carbons (Fsp3) is 0.222. The summed E-state index contributed by atoms with van der Waals surface area (Å²) in [5.41, 5.74) is 5.40. The van der Waals surface area contributed by atoms with Crippen molar-refractivity contribution < 1.29 is 0 Å². The topological polar surface area (TPSA) is 0 Å². The van der Waals surface area contributed by atoms with Crippen LogP contribution in [0.3, 0.4) is 0 Å². The zero-order valence-corrected chi connectivity index (χ0v) is 11.2. The van der Waals surface area contributed by atoms with Gasteiger partial charge in [-0.3, -0.25) is 0 Å². The molecule has 0 spiro atoms. The van der Waals surface area contributed by atoms with Crippen LogP contribution in [0.4, 0.5) is 0 Å². The molecule has 2 aromatic rings. The van der Waals surface area contributed by atoms with Crippen LogP contribution < -0.4 is 0 Å². The highest BCUT2D eigenvalue weighted by Crippen LogP contribution is 2.11. The smallest absolute Gasteiger partial charge is 0.0231 e. The summed E-state index contributed by atoms with van der Waals surface area (Å²) in [6.45, 7) is 4.28. The molecular formula is C18H20. The van der Waals surface area contributed by atoms with Crippen LogP contribution in [0, 0.1) is 13.8 Å². The first kappa shape index (κ1) is 12.6. The van der Waals surface area contributed by atoms with E-state index in [1.54, 1.807) is 0 Å². The van der Waals surface area contributed by atoms with E-state index in [0.29, 0.717) is 0 Å². The molecule has 2 rings (SSSR count). The second kappa shape index (κ2) is 6.20. The van der Waals surface area contributed by atoms with E-state index < -0.39 is 0 Å². The fourth-order valence-electron chi connectivity index (χ4n) is 1.99. The monoisotopic (exact) mass is 236 g/mol. The molecule has 0 aliphatic carbocycles. The summed E-state index contributed by atoms with van der Waals surface area (Å²) < 4.78 is 0. The van der Waals surface area contributed by atoms with Crippen molar-refractivity contribution in [2.45, 2.75) is 26.7 Å². The zero-order valence-electron chi connectivity index (χ0n) is 11.2. The van der Waals surface area contributed by atoms with Crippen molar-refractivity contribution in [1.29, 1.82) is 0 Å². The minimum absolute atomic E-state index is 1.09. The SMILES string of the molecule is Cc1ccc(CCC=Cc2ccccc2C)cc1. The lowest BCUT2D eigenvalue weighted by Crippen LogP contribution is -1.83. The van der Waals surface area contributed by atoms with Crippen molar-refractivity contribution in [3.63, 3.8) is 0 Å². The van der Waals surface area contributed by atoms with Crippen LogP contribution in [0.1, 0.15) is 28.7 Å². The number of hydrogen-bond acceptors (Lipinski definition) is 0. The largest absolute Gasteiger partial charge is 0.0836 e. The first-order chi connectivity index (χ1) is 8.75. The highest BCUT2D eigenvalue weighted by Gasteiger charge is 1.92. The molecule has 0 heterocycles. The maximum Gasteiger partial charge on any atom is -0.0231 e. The van der Waals surface area contributed by atoms with Gasteiger partial charge in [0.25, 0.3) is 0 Å². The summed E-state index contributed by atoms with van der Waals surface area (Å²) in [5.74, 6) is 0. The molecule has 0 unspecified atom stereocenters. The van der Waals surface area contributed by atoms with Gasteiger partial charge in [-0.2, -0.15) is 0 Å². The molecule has 0 aromatic heterocycles. The number of hydrogen-bond donors (Lipinski definition) is 0. The Hall–Kier alpha value is -1.82. The minimum Gasteiger partial charge on any atom is -0.0836 e. The van der Waals surface area contributed by atoms with E-state index in [1.807, 2.05) is 0 Å². The molecule has 92 valence electrons. The molecular weight excluding hydrogens is 216 g/mol. The third-order valence-electron chi connectivity index (χ3n) is 3.21. The molecule has 0 nitrogen and oxygen atoms in total. The maximum atomic E-state index is 2.27. The Balaban J connectivity index is 1.89. The zero-order chi connectivity index (χ0) is 12.8. The van der Waals surface area contributed by atoms with Crippen LogP contribution in [0.15, 0.2) is 54.6 Å². The molecule has 2 aromatic carbocycles. The van der Waals surface area contributed by atoms with Crippen LogP contribution in [-0.4, -0.2) is 0 Å². The number of rotatable bonds is 4. The Morgan fingerprint density at radius 3 is 2.33 bits per heavy atom. The van der Waals surface area contributed by atoms with Crippen molar-refractivity contribution in [2.24, 2.45) is 0 Å². The number of allylic oxidation sites excluding steroid dienone is 1. The van der Waals surface area contributed by atoms with Crippen LogP contribution >= 0.6 is 0 Å². The van der Waals surface area contributed by atoms with Gasteiger partial charge in [-0.15, -0.1) is 0 Å². The van der Waals surface area contributed by atoms with E-state index in [-0.39, 0.29) is 0 Å². The standard InChI is InChI=1S/C18H20/c1-15-11-13-17(14-12-15)8-4-6-10-18-9-5-3-7-16(18)2/h3,5-7,9-14H,4,8H2,1-2H3. The molecule has 0 fully saturated rings. The molecule has 0 bridgehead atoms. The molecule has 0 aliphatic heterocycles. The second-order valence-electron chi connectivity index (χ2n) is 4.78. The third-order valence-corrected chi connectivity index (χ3v) is 3.21. The van der Waals surface area contributed by atoms with Gasteiger partial charge in [-0.05, 0) is 43.4 Å². The molecule has 18 heavy (non-hydrogen) atoms. The van der Waals surface area contributed by atoms with Crippen molar-refractivity contribution in [1.82, 2.24) is 0 Å². The van der Waals surface area contributed by atoms with Crippen molar-refractivity contribution in [3.05, 3.63) is 76.9 Å². The van der Waals surface area contributed by atoms with Crippen LogP contribution in [0.25, 0.3) is 6.08 Å². The highest BCUT2D eigenvalue weighted by molar-refractivity contribution is 5.53. The van der Waals surface area contributed by atoms with Crippen molar-refractivity contribution >= 4 is 6.08 Å². The Kier molecular flexibility index (Phi) is 4.35. The van der Waals surface area contributed by atoms with E-state index in [4.69, 9.17) is 0 Å². The van der Waals surface area contributed by atoms with Gasteiger partial charge in [0.1, 0.15) is 0 Å². The van der Waals surface area contributed by atoms with E-state index >= 15 is 0 Å². The Labute approximate surface area is 110 Å². The van der Waals surface area contributed by atoms with Crippen LogP contribution in [0.5, 0.6) is 0 Å². The fourth-order valence-corrected chi connectivity index (χ4v) is 1.99. The van der Waals surface area contributed by atoms with Crippen molar-refractivity contribution in [2.75, 3.05) is 0 Å². The number of aryl methyl sites for hydroxylation is 3. The van der Waals surface area contributed by atoms with Gasteiger partial charge in [-0.25, -0.2) is 0 Å². The second-order valence-corrected chi connectivity index (χ2v) is 4.78. The molecule has 0 N–H and O–H groups in total. The predicted octanol–water partition coefficient (Wildman–Crippen LogP) is 4.95. The Morgan fingerprint density at radius 1 is 0.889 bits per heavy atom. The molecule has 0 atom stereocenters. The van der Waals surface area contributed by atoms with E-state index in [9.17, 15) is 0 Å². The number of benzene rings is 2. The van der Waals surface area contributed by atoms with E-state index in [1.165, 1.54) is 22.3 Å². The third kappa shape index (κ3) is 3.59. The average Bonchev–Trinajstić information content (AvgIpc) is 2.39. The van der Waals surface area contributed by atoms with Gasteiger partial charge in [0.05, 0.1) is 0 Å². The van der Waals surface area contributed by atoms with Gasteiger partial charge < -0.3 is 0 Å². The van der Waals surface area contributed by atoms with Gasteiger partial charge >= 0.3 is 0 Å². The Morgan fingerprint density at radius 2 is 1.61 bits per heavy atom. The normalized spacial score (nSPS) is 11.0. The molecule has 0 amide bonds. The first-order valence-electron chi connectivity index (χ1n) is 6.53. The molecule has 0 heteroatoms. The molecule has 0 radical (unpaired) electrons. The molecule has 0 aliphatic rings. The average molecular weight is 236 g/mol. The summed E-state index contributed by atoms with van der Waals surface area (Å²) in [7, 11) is 0. The van der Waals surface area contributed by atoms with Gasteiger partial charge in [-0.1, -0.05) is 66.2 Å². The van der Waals surface area contributed by atoms with E-state index in [2.05, 4.69) is 74.5 Å². The summed E-state index contributed by atoms with van der Waals surface area (Å²) in [5, 5.41) is 0. The van der Waals surface area contributed by atoms with Gasteiger partial charge in [0.2, 0.25) is 0 Å². The van der Waals surface area contributed by atoms with Crippen LogP contribution in [0.2, 0.25) is 0 Å². The first-order valence-corrected chi connectivity index (χ1v) is 6.53. The molecule has 0 saturated heterocycles. The van der Waals surface area contributed by atoms with Gasteiger partial charge in [0, 0.05) is 0 Å². The quantitative estimate of drug-likeness (QED) is 0.704. The predicted molar refractivity (Wildman–Crippen MR) is 79.7 cm³/mol. The van der Waals surface area contributed by atoms with Gasteiger partial charge in [0.15, 0.2) is 0 Å². The Bertz CT molecular complexity index is 518. The van der Waals surface area contributed by atoms with E-state index in [0.717, 1.165) is 12.8 Å². The summed E-state index contributed by atoms with van der Waals surface area (Å²) >= 11 is 0. The molecule has 0 saturated carbocycles.